The first-order valence-corrected chi connectivity index (χ1v) is 5.39. The molecule has 1 aromatic heterocycles. The second kappa shape index (κ2) is 4.24. The molecule has 1 aromatic carbocycles. The number of hydrogen-bond donors (Lipinski definition) is 1. The van der Waals surface area contributed by atoms with Gasteiger partial charge in [-0.3, -0.25) is 0 Å². The summed E-state index contributed by atoms with van der Waals surface area (Å²) in [5.41, 5.74) is 4.14. The van der Waals surface area contributed by atoms with Crippen LogP contribution in [0.2, 0.25) is 0 Å². The van der Waals surface area contributed by atoms with Gasteiger partial charge in [0.15, 0.2) is 0 Å². The van der Waals surface area contributed by atoms with Crippen molar-refractivity contribution in [2.75, 3.05) is 0 Å². The highest BCUT2D eigenvalue weighted by Gasteiger charge is 2.03. The van der Waals surface area contributed by atoms with Crippen molar-refractivity contribution in [3.05, 3.63) is 47.8 Å². The van der Waals surface area contributed by atoms with E-state index in [9.17, 15) is 0 Å². The Labute approximate surface area is 95.6 Å². The molecule has 2 aromatic rings. The van der Waals surface area contributed by atoms with Crippen LogP contribution in [0.4, 0.5) is 0 Å². The van der Waals surface area contributed by atoms with Crippen LogP contribution >= 0.6 is 0 Å². The summed E-state index contributed by atoms with van der Waals surface area (Å²) in [6.45, 7) is 4.36. The minimum atomic E-state index is 0.551. The molecule has 2 heteroatoms. The molecular weight excluding hydrogens is 196 g/mol. The lowest BCUT2D eigenvalue weighted by Crippen LogP contribution is -1.85. The zero-order valence-corrected chi connectivity index (χ0v) is 9.49. The maximum absolute atomic E-state index is 8.73. The molecule has 0 saturated heterocycles. The van der Waals surface area contributed by atoms with Crippen LogP contribution in [0, 0.1) is 11.3 Å². The number of benzene rings is 1. The van der Waals surface area contributed by atoms with Crippen LogP contribution < -0.4 is 0 Å². The summed E-state index contributed by atoms with van der Waals surface area (Å²) in [7, 11) is 0. The van der Waals surface area contributed by atoms with Crippen molar-refractivity contribution < 1.29 is 0 Å². The summed E-state index contributed by atoms with van der Waals surface area (Å²) in [6, 6.07) is 12.4. The lowest BCUT2D eigenvalue weighted by atomic mass is 10.00. The number of hydrogen-bond acceptors (Lipinski definition) is 1. The van der Waals surface area contributed by atoms with Gasteiger partial charge in [0.05, 0.1) is 0 Å². The maximum Gasteiger partial charge on any atom is 0.118 e. The molecule has 0 amide bonds. The van der Waals surface area contributed by atoms with E-state index in [2.05, 4.69) is 49.2 Å². The standard InChI is InChI=1S/C14H14N2/c1-10(2)11-3-5-12(6-4-11)13-7-14(8-15)16-9-13/h3-7,9-10,16H,1-2H3. The third-order valence-electron chi connectivity index (χ3n) is 2.71. The molecule has 0 spiro atoms. The third kappa shape index (κ3) is 1.99. The second-order valence-electron chi connectivity index (χ2n) is 4.19. The first-order valence-electron chi connectivity index (χ1n) is 5.39. The minimum Gasteiger partial charge on any atom is -0.353 e. The number of nitrogens with zero attached hydrogens (tertiary/aromatic N) is 1. The predicted octanol–water partition coefficient (Wildman–Crippen LogP) is 3.68. The van der Waals surface area contributed by atoms with Crippen molar-refractivity contribution in [2.45, 2.75) is 19.8 Å². The van der Waals surface area contributed by atoms with E-state index in [1.165, 1.54) is 5.56 Å². The molecule has 0 unspecified atom stereocenters. The zero-order valence-electron chi connectivity index (χ0n) is 9.49. The van der Waals surface area contributed by atoms with Gasteiger partial charge >= 0.3 is 0 Å². The fourth-order valence-corrected chi connectivity index (χ4v) is 1.69. The molecule has 0 atom stereocenters. The Morgan fingerprint density at radius 2 is 1.81 bits per heavy atom. The highest BCUT2D eigenvalue weighted by atomic mass is 14.7. The monoisotopic (exact) mass is 210 g/mol. The van der Waals surface area contributed by atoms with Crippen molar-refractivity contribution in [3.8, 4) is 17.2 Å². The number of nitrogens with one attached hydrogen (secondary N) is 1. The summed E-state index contributed by atoms with van der Waals surface area (Å²) in [5.74, 6) is 0.551. The summed E-state index contributed by atoms with van der Waals surface area (Å²) in [4.78, 5) is 2.93. The van der Waals surface area contributed by atoms with Gasteiger partial charge in [-0.25, -0.2) is 0 Å². The molecule has 0 aliphatic heterocycles. The first-order chi connectivity index (χ1) is 7.70. The molecule has 0 saturated carbocycles. The maximum atomic E-state index is 8.73. The topological polar surface area (TPSA) is 39.6 Å². The summed E-state index contributed by atoms with van der Waals surface area (Å²) in [5, 5.41) is 8.73. The van der Waals surface area contributed by atoms with Gasteiger partial charge in [0, 0.05) is 11.8 Å². The van der Waals surface area contributed by atoms with Gasteiger partial charge in [-0.1, -0.05) is 38.1 Å². The normalized spacial score (nSPS) is 10.4. The van der Waals surface area contributed by atoms with Crippen molar-refractivity contribution in [2.24, 2.45) is 0 Å². The van der Waals surface area contributed by atoms with E-state index in [0.717, 1.165) is 11.1 Å². The van der Waals surface area contributed by atoms with Gasteiger partial charge < -0.3 is 4.98 Å². The number of H-pyrrole nitrogens is 1. The third-order valence-corrected chi connectivity index (χ3v) is 2.71. The molecule has 1 N–H and O–H groups in total. The molecule has 0 bridgehead atoms. The lowest BCUT2D eigenvalue weighted by molar-refractivity contribution is 0.867. The Morgan fingerprint density at radius 3 is 2.31 bits per heavy atom. The number of rotatable bonds is 2. The van der Waals surface area contributed by atoms with Crippen LogP contribution in [0.25, 0.3) is 11.1 Å². The van der Waals surface area contributed by atoms with Crippen LogP contribution in [-0.4, -0.2) is 4.98 Å². The molecule has 80 valence electrons. The second-order valence-corrected chi connectivity index (χ2v) is 4.19. The van der Waals surface area contributed by atoms with Crippen molar-refractivity contribution in [1.82, 2.24) is 4.98 Å². The Bertz CT molecular complexity index is 512. The van der Waals surface area contributed by atoms with E-state index < -0.39 is 0 Å². The fraction of sp³-hybridized carbons (Fsp3) is 0.214. The molecule has 0 aliphatic carbocycles. The first kappa shape index (κ1) is 10.5. The van der Waals surface area contributed by atoms with Crippen LogP contribution in [0.1, 0.15) is 31.0 Å². The highest BCUT2D eigenvalue weighted by molar-refractivity contribution is 5.64. The summed E-state index contributed by atoms with van der Waals surface area (Å²) < 4.78 is 0. The predicted molar refractivity (Wildman–Crippen MR) is 65.0 cm³/mol. The quantitative estimate of drug-likeness (QED) is 0.807. The average molecular weight is 210 g/mol. The highest BCUT2D eigenvalue weighted by Crippen LogP contribution is 2.23. The van der Waals surface area contributed by atoms with E-state index in [0.29, 0.717) is 11.6 Å². The van der Waals surface area contributed by atoms with Crippen molar-refractivity contribution in [3.63, 3.8) is 0 Å². The number of aromatic nitrogens is 1. The Balaban J connectivity index is 2.31. The van der Waals surface area contributed by atoms with Gasteiger partial charge in [0.1, 0.15) is 11.8 Å². The largest absolute Gasteiger partial charge is 0.353 e. The molecule has 0 fully saturated rings. The lowest BCUT2D eigenvalue weighted by Gasteiger charge is -2.05. The van der Waals surface area contributed by atoms with Crippen LogP contribution in [0.15, 0.2) is 36.5 Å². The zero-order chi connectivity index (χ0) is 11.5. The van der Waals surface area contributed by atoms with Gasteiger partial charge in [-0.05, 0) is 23.1 Å². The van der Waals surface area contributed by atoms with Crippen LogP contribution in [0.5, 0.6) is 0 Å². The Kier molecular flexibility index (Phi) is 2.78. The van der Waals surface area contributed by atoms with Gasteiger partial charge in [-0.15, -0.1) is 0 Å². The average Bonchev–Trinajstić information content (AvgIpc) is 2.77. The number of nitriles is 1. The molecule has 1 heterocycles. The summed E-state index contributed by atoms with van der Waals surface area (Å²) >= 11 is 0. The van der Waals surface area contributed by atoms with E-state index >= 15 is 0 Å². The molecule has 2 rings (SSSR count). The minimum absolute atomic E-state index is 0.551. The van der Waals surface area contributed by atoms with E-state index in [1.54, 1.807) is 0 Å². The van der Waals surface area contributed by atoms with Crippen LogP contribution in [-0.2, 0) is 0 Å². The van der Waals surface area contributed by atoms with E-state index in [1.807, 2.05) is 12.3 Å². The van der Waals surface area contributed by atoms with Gasteiger partial charge in [0.25, 0.3) is 0 Å². The van der Waals surface area contributed by atoms with E-state index in [-0.39, 0.29) is 0 Å². The smallest absolute Gasteiger partial charge is 0.118 e. The Morgan fingerprint density at radius 1 is 1.12 bits per heavy atom. The van der Waals surface area contributed by atoms with Crippen LogP contribution in [0.3, 0.4) is 0 Å². The van der Waals surface area contributed by atoms with Crippen molar-refractivity contribution in [1.29, 1.82) is 5.26 Å². The molecular formula is C14H14N2. The number of aromatic amines is 1. The Hall–Kier alpha value is -2.01. The van der Waals surface area contributed by atoms with Gasteiger partial charge in [0.2, 0.25) is 0 Å². The molecule has 0 aliphatic rings. The van der Waals surface area contributed by atoms with E-state index in [4.69, 9.17) is 5.26 Å². The summed E-state index contributed by atoms with van der Waals surface area (Å²) in [6.07, 6.45) is 1.86. The molecule has 0 radical (unpaired) electrons. The SMILES string of the molecule is CC(C)c1ccc(-c2c[nH]c(C#N)c2)cc1. The van der Waals surface area contributed by atoms with Crippen molar-refractivity contribution >= 4 is 0 Å². The van der Waals surface area contributed by atoms with Gasteiger partial charge in [-0.2, -0.15) is 5.26 Å². The molecule has 2 nitrogen and oxygen atoms in total. The fourth-order valence-electron chi connectivity index (χ4n) is 1.69. The molecule has 16 heavy (non-hydrogen) atoms.